The van der Waals surface area contributed by atoms with Crippen molar-refractivity contribution in [1.29, 1.82) is 0 Å². The van der Waals surface area contributed by atoms with Crippen LogP contribution in [0.2, 0.25) is 0 Å². The molecule has 6 saturated carbocycles. The third-order valence-corrected chi connectivity index (χ3v) is 40.9. The van der Waals surface area contributed by atoms with Crippen molar-refractivity contribution in [1.82, 2.24) is 34.6 Å². The summed E-state index contributed by atoms with van der Waals surface area (Å²) in [5, 5.41) is 9.70. The summed E-state index contributed by atoms with van der Waals surface area (Å²) >= 11 is 0. The van der Waals surface area contributed by atoms with Crippen molar-refractivity contribution in [2.45, 2.75) is 248 Å². The zero-order valence-electron chi connectivity index (χ0n) is 88.7. The number of carbonyl (C=O) groups is 6. The van der Waals surface area contributed by atoms with E-state index in [1.165, 1.54) is 50.1 Å². The minimum Gasteiger partial charge on any atom is -0.490 e. The maximum Gasteiger partial charge on any atom is 0.327 e. The number of amides is 8. The number of nitrogens with one attached hydrogen (secondary N) is 5. The molecule has 29 nitrogen and oxygen atoms in total. The number of hydrogen-bond acceptors (Lipinski definition) is 20. The summed E-state index contributed by atoms with van der Waals surface area (Å²) in [7, 11) is -1.65. The molecule has 804 valence electrons. The number of carbonyl (C=O) groups excluding carboxylic acids is 6. The molecular weight excluding hydrogens is 1960 g/mol. The van der Waals surface area contributed by atoms with Crippen LogP contribution < -0.4 is 53.7 Å². The zero-order valence-corrected chi connectivity index (χ0v) is 91.1. The third-order valence-electron chi connectivity index (χ3n) is 35.0. The van der Waals surface area contributed by atoms with Gasteiger partial charge in [-0.1, -0.05) is 129 Å². The van der Waals surface area contributed by atoms with Crippen molar-refractivity contribution in [2.75, 3.05) is 119 Å². The molecule has 0 saturated heterocycles. The van der Waals surface area contributed by atoms with E-state index >= 15 is 0 Å². The number of ether oxygens (including phenoxy) is 7. The van der Waals surface area contributed by atoms with Gasteiger partial charge in [0.15, 0.2) is 0 Å². The first kappa shape index (κ1) is 106. The quantitative estimate of drug-likeness (QED) is 0.0751. The fourth-order valence-electron chi connectivity index (χ4n) is 26.1. The Morgan fingerprint density at radius 2 is 0.813 bits per heavy atom. The molecule has 7 heterocycles. The van der Waals surface area contributed by atoms with Crippen molar-refractivity contribution in [3.05, 3.63) is 230 Å². The summed E-state index contributed by atoms with van der Waals surface area (Å²) in [5.41, 5.74) is 16.0. The van der Waals surface area contributed by atoms with Gasteiger partial charge in [0.2, 0.25) is 5.91 Å². The van der Waals surface area contributed by atoms with Gasteiger partial charge in [-0.05, 0) is 302 Å². The fraction of sp³-hybridized carbons (Fsp3) is 0.564. The van der Waals surface area contributed by atoms with Gasteiger partial charge in [0.05, 0.1) is 90.8 Å². The summed E-state index contributed by atoms with van der Waals surface area (Å²) in [6, 6.07) is 34.6. The number of hydrogen-bond donors (Lipinski definition) is 5. The summed E-state index contributed by atoms with van der Waals surface area (Å²) in [6.45, 7) is 18.7. The highest BCUT2D eigenvalue weighted by Gasteiger charge is 2.51. The summed E-state index contributed by atoms with van der Waals surface area (Å²) in [5.74, 6) is 1.78. The van der Waals surface area contributed by atoms with E-state index in [1.807, 2.05) is 70.4 Å². The monoisotopic (exact) mass is 2110 g/mol. The highest BCUT2D eigenvalue weighted by Crippen LogP contribution is 2.53. The lowest BCUT2D eigenvalue weighted by Gasteiger charge is -2.46. The van der Waals surface area contributed by atoms with Crippen LogP contribution in [0.4, 0.5) is 31.0 Å². The van der Waals surface area contributed by atoms with Crippen LogP contribution in [0.5, 0.6) is 17.2 Å². The third kappa shape index (κ3) is 23.3. The Morgan fingerprint density at radius 1 is 0.453 bits per heavy atom. The number of benzene rings is 6. The van der Waals surface area contributed by atoms with Crippen LogP contribution in [0.3, 0.4) is 0 Å². The Labute approximate surface area is 884 Å². The predicted octanol–water partition coefficient (Wildman–Crippen LogP) is 18.4. The zero-order chi connectivity index (χ0) is 105. The molecule has 9 aliphatic carbocycles. The molecule has 6 aromatic carbocycles. The highest BCUT2D eigenvalue weighted by molar-refractivity contribution is 7.93. The van der Waals surface area contributed by atoms with Gasteiger partial charge in [-0.3, -0.25) is 38.0 Å². The van der Waals surface area contributed by atoms with E-state index in [0.29, 0.717) is 104 Å². The second-order valence-electron chi connectivity index (χ2n) is 46.4. The maximum absolute atomic E-state index is 14.6. The first-order chi connectivity index (χ1) is 72.1. The van der Waals surface area contributed by atoms with Crippen LogP contribution in [-0.4, -0.2) is 206 Å². The Morgan fingerprint density at radius 3 is 1.14 bits per heavy atom. The van der Waals surface area contributed by atoms with Gasteiger partial charge >= 0.3 is 12.1 Å². The lowest BCUT2D eigenvalue weighted by molar-refractivity contribution is -0.130. The van der Waals surface area contributed by atoms with Gasteiger partial charge in [0, 0.05) is 138 Å². The van der Waals surface area contributed by atoms with Crippen molar-refractivity contribution in [2.24, 2.45) is 79.3 Å². The molecular formula is C117H150FN13O16S3. The average molecular weight is 2110 g/mol. The number of fused-ring (bicyclic) bond motifs is 12. The number of rotatable bonds is 11. The number of nitrogens with zero attached hydrogens (tertiary/aromatic N) is 8. The van der Waals surface area contributed by atoms with Crippen LogP contribution in [0.25, 0.3) is 0 Å². The molecule has 1 aromatic heterocycles. The number of urea groups is 2. The van der Waals surface area contributed by atoms with Gasteiger partial charge in [-0.25, -0.2) is 26.6 Å². The number of halogens is 1. The molecule has 22 atom stereocenters. The highest BCUT2D eigenvalue weighted by atomic mass is 32.2. The summed E-state index contributed by atoms with van der Waals surface area (Å²) in [4.78, 5) is 88.4. The number of allylic oxidation sites excluding steroid dienone is 3. The van der Waals surface area contributed by atoms with Gasteiger partial charge in [-0.15, -0.1) is 13.1 Å². The van der Waals surface area contributed by atoms with Crippen LogP contribution in [-0.2, 0) is 96.0 Å². The second-order valence-corrected chi connectivity index (χ2v) is 52.4. The normalized spacial score (nSPS) is 34.3. The van der Waals surface area contributed by atoms with E-state index in [1.54, 1.807) is 57.5 Å². The average Bonchev–Trinajstić information content (AvgIpc) is 1.75. The maximum atomic E-state index is 14.6. The lowest BCUT2D eigenvalue weighted by atomic mass is 9.68. The van der Waals surface area contributed by atoms with Crippen LogP contribution in [0.15, 0.2) is 171 Å². The molecule has 6 bridgehead atoms. The Kier molecular flexibility index (Phi) is 31.4. The smallest absolute Gasteiger partial charge is 0.327 e. The van der Waals surface area contributed by atoms with Gasteiger partial charge in [-0.2, -0.15) is 5.10 Å². The van der Waals surface area contributed by atoms with E-state index < -0.39 is 71.7 Å². The van der Waals surface area contributed by atoms with E-state index in [4.69, 9.17) is 33.2 Å². The van der Waals surface area contributed by atoms with Crippen LogP contribution in [0, 0.1) is 80.0 Å². The molecule has 150 heavy (non-hydrogen) atoms. The molecule has 3 spiro atoms. The van der Waals surface area contributed by atoms with Crippen molar-refractivity contribution in [3.8, 4) is 17.2 Å². The fourth-order valence-corrected chi connectivity index (χ4v) is 31.8. The van der Waals surface area contributed by atoms with Crippen molar-refractivity contribution in [3.63, 3.8) is 0 Å². The molecule has 33 heteroatoms. The topological polar surface area (TPSA) is 343 Å². The second kappa shape index (κ2) is 44.3. The predicted molar refractivity (Wildman–Crippen MR) is 582 cm³/mol. The van der Waals surface area contributed by atoms with Gasteiger partial charge in [0.1, 0.15) is 53.2 Å². The lowest BCUT2D eigenvalue weighted by Crippen LogP contribution is -2.49. The standard InChI is InChI=1S/C41H52N6O5S.C39H51N3O6S.C37H47FN4O5S/c1-26-10-14-34-28(17-26)8-6-16-41(34)24-47-22-30-11-13-32(30)37(51-4)9-5-7-27(2)23-53(50,44-39(48)29-12-15-38(52-25-41)36(47)18-29)45-40(49)43-35-19-33(35)31-20-42-46(3)21-31;1-25-10-14-33-27(17-25)8-6-16-39(33)23-42-21-29-11-13-32(29)35(47-4)9-5-7-26(2)22-49(45,41-38(44)30-18-31(19-30)46-3)40-37(43)28-12-15-36(48-24-39)34(42)20-28;1-23-9-13-29-25(16-23)7-5-15-37(29)21-42-19-27-10-12-28(27)33(46-3)8-4-6-24(2)20-48(45,41-36(44)39-31-18-30(31)38)40-35(43)26-11-14-34(47-22-37)32(42)17-26/h5,9-10,12,14-15,17-18,20-21,27,30,32-33,35,37H,6-8,11,13,16,19,22-25H2,1-4H3,(H2,43,44,45,48,49,50);5,9-10,12,14-15,17,20,26,29-32,35H,6-8,11,13,16,18-19,21-24H2,1-4H3,(H,40,41,43,44,45);4,8-9,11,13-14,16-17,24,27-28,30-31,33H,5-7,10,12,15,18-22H2,1-3H3,(H2,39,40,41,43,44,45)/b2*9-5+;8-4+/t27-,30-,32+,33-,35+,37-,41-,53?;26-,29-,30?,31?,32+,35-,39-,49?;24-,27-,28+,30-,31+,33-,37-,48?/m000/s1. The molecule has 22 rings (SSSR count). The Bertz CT molecular complexity index is 6790. The van der Waals surface area contributed by atoms with Crippen molar-refractivity contribution < 1.29 is 78.9 Å². The molecule has 0 radical (unpaired) electrons. The number of methoxy groups -OCH3 is 4. The minimum atomic E-state index is -3.55. The van der Waals surface area contributed by atoms with E-state index in [0.717, 1.165) is 176 Å². The van der Waals surface area contributed by atoms with Gasteiger partial charge in [0.25, 0.3) is 17.7 Å². The summed E-state index contributed by atoms with van der Waals surface area (Å²) in [6.07, 6.45) is 35.2. The SMILES string of the molecule is COC1CC(C(=O)NS2(=O)=NC(=O)c3ccc4c(c3)N(C[C@@H]3CC[C@H]3[C@@H](OC)/C=C/C[C@H](C)C2)C[C@@]2(CCCc3cc(C)ccc32)CO4)C1.CO[C@H]1/C=C/C[C@H](C)CS(=O)(NC(=O)N[C@@H]2C[C@@H]2F)=NC(=O)c2ccc3c(c2)N(C[C@@H]2CC[C@H]21)C[C@@]1(CCCc2cc(C)ccc21)CO3.CO[C@H]1/C=C/C[C@H](C)CS(=O)(NC(=O)N[C@@H]2C[C@H]2c2cnn(C)c2)=NC(=O)c2ccc3c(c2)N(C[C@@H]2CC[C@H]21)C[C@@]1(CCCc2cc(C)ccc21)CO3. The number of anilines is 3. The molecule has 6 aliphatic heterocycles. The molecule has 5 N–H and O–H groups in total. The molecule has 8 amide bonds. The number of alkyl halides is 1. The van der Waals surface area contributed by atoms with Gasteiger partial charge < -0.3 is 58.5 Å². The Hall–Kier alpha value is -10.8. The van der Waals surface area contributed by atoms with Crippen LogP contribution in [0.1, 0.15) is 235 Å². The minimum absolute atomic E-state index is 0.0204. The van der Waals surface area contributed by atoms with Crippen LogP contribution >= 0.6 is 0 Å². The van der Waals surface area contributed by atoms with E-state index in [9.17, 15) is 45.8 Å². The van der Waals surface area contributed by atoms with Crippen molar-refractivity contribution >= 4 is 82.5 Å². The number of aromatic nitrogens is 2. The largest absolute Gasteiger partial charge is 0.490 e. The first-order valence-corrected chi connectivity index (χ1v) is 59.6. The van der Waals surface area contributed by atoms with E-state index in [-0.39, 0.29) is 111 Å². The number of aryl methyl sites for hydroxylation is 7. The molecule has 15 aliphatic rings. The Balaban J connectivity index is 0.000000136. The van der Waals surface area contributed by atoms with E-state index in [2.05, 4.69) is 170 Å². The molecule has 6 fully saturated rings. The molecule has 3 unspecified atom stereocenters. The molecule has 7 aromatic rings. The first-order valence-electron chi connectivity index (χ1n) is 54.6. The summed E-state index contributed by atoms with van der Waals surface area (Å²) < 4.78 is 123.